The summed E-state index contributed by atoms with van der Waals surface area (Å²) in [6.07, 6.45) is 10.0. The van der Waals surface area contributed by atoms with Gasteiger partial charge in [0.2, 0.25) is 17.8 Å². The Labute approximate surface area is 179 Å². The van der Waals surface area contributed by atoms with Gasteiger partial charge in [0.1, 0.15) is 0 Å². The van der Waals surface area contributed by atoms with E-state index in [2.05, 4.69) is 26.5 Å². The van der Waals surface area contributed by atoms with Crippen LogP contribution in [0.2, 0.25) is 0 Å². The first-order valence-corrected chi connectivity index (χ1v) is 10.8. The summed E-state index contributed by atoms with van der Waals surface area (Å²) in [5, 5.41) is 7.30. The number of carbonyl (C=O) groups is 1. The Morgan fingerprint density at radius 1 is 1.35 bits per heavy atom. The minimum absolute atomic E-state index is 0.0240. The molecule has 0 aromatic carbocycles. The van der Waals surface area contributed by atoms with Crippen molar-refractivity contribution in [3.8, 4) is 0 Å². The molecule has 2 fully saturated rings. The van der Waals surface area contributed by atoms with E-state index in [1.165, 1.54) is 0 Å². The molecular weight excluding hydrogens is 402 g/mol. The van der Waals surface area contributed by atoms with Gasteiger partial charge in [0, 0.05) is 51.3 Å². The zero-order valence-corrected chi connectivity index (χ0v) is 17.5. The number of carbonyl (C=O) groups excluding carboxylic acids is 1. The summed E-state index contributed by atoms with van der Waals surface area (Å²) in [4.78, 5) is 23.7. The molecule has 0 radical (unpaired) electrons. The van der Waals surface area contributed by atoms with Crippen molar-refractivity contribution >= 4 is 23.1 Å². The fourth-order valence-electron chi connectivity index (χ4n) is 5.04. The van der Waals surface area contributed by atoms with Crippen molar-refractivity contribution in [1.82, 2.24) is 24.6 Å². The number of nitrogens with zero attached hydrogens (tertiary/aromatic N) is 5. The van der Waals surface area contributed by atoms with E-state index in [9.17, 15) is 13.6 Å². The lowest BCUT2D eigenvalue weighted by molar-refractivity contribution is -0.142. The van der Waals surface area contributed by atoms with Gasteiger partial charge in [-0.3, -0.25) is 9.48 Å². The Balaban J connectivity index is 1.27. The Morgan fingerprint density at radius 3 is 2.94 bits per heavy atom. The molecule has 164 valence electrons. The molecule has 2 aromatic heterocycles. The minimum Gasteiger partial charge on any atom is -0.339 e. The number of alkyl halides is 2. The molecule has 1 aliphatic heterocycles. The highest BCUT2D eigenvalue weighted by Crippen LogP contribution is 2.45. The summed E-state index contributed by atoms with van der Waals surface area (Å²) in [6.45, 7) is 0.730. The largest absolute Gasteiger partial charge is 0.339 e. The molecule has 2 aromatic rings. The van der Waals surface area contributed by atoms with Crippen molar-refractivity contribution in [2.75, 3.05) is 11.9 Å². The second-order valence-corrected chi connectivity index (χ2v) is 9.10. The lowest BCUT2D eigenvalue weighted by Crippen LogP contribution is -2.42. The number of allylic oxidation sites excluding steroid dienone is 1. The molecule has 0 spiro atoms. The van der Waals surface area contributed by atoms with Crippen molar-refractivity contribution in [2.24, 2.45) is 18.9 Å². The van der Waals surface area contributed by atoms with E-state index in [1.807, 2.05) is 24.2 Å². The maximum atomic E-state index is 13.1. The van der Waals surface area contributed by atoms with Gasteiger partial charge in [0.25, 0.3) is 0 Å². The van der Waals surface area contributed by atoms with Gasteiger partial charge in [-0.1, -0.05) is 6.08 Å². The van der Waals surface area contributed by atoms with Crippen molar-refractivity contribution < 1.29 is 13.6 Å². The van der Waals surface area contributed by atoms with Crippen LogP contribution in [0.3, 0.4) is 0 Å². The minimum atomic E-state index is -2.58. The number of likely N-dealkylation sites (tertiary alicyclic amines) is 1. The number of hydrogen-bond donors (Lipinski definition) is 1. The SMILES string of the molecule is Cn1cc(Nc2nccc(C3=CCC4CC(C3)N(C(=O)CC3CC(F)(F)C3)C4)n2)cn1. The molecule has 2 bridgehead atoms. The predicted molar refractivity (Wildman–Crippen MR) is 112 cm³/mol. The monoisotopic (exact) mass is 428 g/mol. The molecule has 1 saturated heterocycles. The fraction of sp³-hybridized carbons (Fsp3) is 0.545. The normalized spacial score (nSPS) is 25.0. The molecule has 5 rings (SSSR count). The van der Waals surface area contributed by atoms with Crippen LogP contribution >= 0.6 is 0 Å². The number of aryl methyl sites for hydroxylation is 1. The van der Waals surface area contributed by atoms with E-state index in [-0.39, 0.29) is 37.1 Å². The Hall–Kier alpha value is -2.84. The number of rotatable bonds is 5. The zero-order chi connectivity index (χ0) is 21.6. The van der Waals surface area contributed by atoms with Gasteiger partial charge in [0.05, 0.1) is 17.6 Å². The van der Waals surface area contributed by atoms with Crippen LogP contribution in [-0.4, -0.2) is 49.1 Å². The maximum Gasteiger partial charge on any atom is 0.248 e. The number of halogens is 2. The van der Waals surface area contributed by atoms with Crippen LogP contribution in [-0.2, 0) is 11.8 Å². The molecule has 9 heteroatoms. The molecule has 3 aliphatic rings. The topological polar surface area (TPSA) is 75.9 Å². The predicted octanol–water partition coefficient (Wildman–Crippen LogP) is 3.78. The first-order valence-electron chi connectivity index (χ1n) is 10.8. The first kappa shape index (κ1) is 20.1. The molecule has 2 aliphatic carbocycles. The van der Waals surface area contributed by atoms with Gasteiger partial charge < -0.3 is 10.2 Å². The third-order valence-electron chi connectivity index (χ3n) is 6.56. The molecule has 1 amide bonds. The number of aromatic nitrogens is 4. The van der Waals surface area contributed by atoms with Gasteiger partial charge >= 0.3 is 0 Å². The van der Waals surface area contributed by atoms with Crippen LogP contribution in [0.5, 0.6) is 0 Å². The van der Waals surface area contributed by atoms with Gasteiger partial charge in [-0.2, -0.15) is 5.10 Å². The average molecular weight is 428 g/mol. The van der Waals surface area contributed by atoms with Crippen LogP contribution in [0.25, 0.3) is 5.57 Å². The number of fused-ring (bicyclic) bond motifs is 2. The lowest BCUT2D eigenvalue weighted by atomic mass is 9.79. The van der Waals surface area contributed by atoms with Gasteiger partial charge in [-0.25, -0.2) is 18.7 Å². The molecule has 3 heterocycles. The van der Waals surface area contributed by atoms with Crippen molar-refractivity contribution in [3.05, 3.63) is 36.4 Å². The van der Waals surface area contributed by atoms with Gasteiger partial charge in [0.15, 0.2) is 0 Å². The fourth-order valence-corrected chi connectivity index (χ4v) is 5.04. The molecule has 2 unspecified atom stereocenters. The van der Waals surface area contributed by atoms with Crippen molar-refractivity contribution in [1.29, 1.82) is 0 Å². The summed E-state index contributed by atoms with van der Waals surface area (Å²) in [5.41, 5.74) is 2.77. The highest BCUT2D eigenvalue weighted by atomic mass is 19.3. The van der Waals surface area contributed by atoms with Gasteiger partial charge in [-0.05, 0) is 42.7 Å². The molecule has 1 saturated carbocycles. The van der Waals surface area contributed by atoms with Crippen molar-refractivity contribution in [2.45, 2.75) is 50.5 Å². The first-order chi connectivity index (χ1) is 14.8. The number of nitrogens with one attached hydrogen (secondary N) is 1. The van der Waals surface area contributed by atoms with E-state index in [1.54, 1.807) is 17.1 Å². The summed E-state index contributed by atoms with van der Waals surface area (Å²) in [5.74, 6) is -1.81. The Kier molecular flexibility index (Phi) is 4.98. The smallest absolute Gasteiger partial charge is 0.248 e. The van der Waals surface area contributed by atoms with Gasteiger partial charge in [-0.15, -0.1) is 0 Å². The summed E-state index contributed by atoms with van der Waals surface area (Å²) in [6, 6.07) is 2.00. The third kappa shape index (κ3) is 4.31. The molecule has 2 atom stereocenters. The summed E-state index contributed by atoms with van der Waals surface area (Å²) < 4.78 is 28.0. The van der Waals surface area contributed by atoms with E-state index < -0.39 is 5.92 Å². The van der Waals surface area contributed by atoms with Crippen LogP contribution < -0.4 is 5.32 Å². The highest BCUT2D eigenvalue weighted by molar-refractivity contribution is 5.78. The van der Waals surface area contributed by atoms with E-state index in [4.69, 9.17) is 0 Å². The standard InChI is InChI=1S/C22H26F2N6O/c1-29-13-17(11-26-29)27-21-25-5-4-19(28-21)16-3-2-14-6-18(8-16)30(12-14)20(31)7-15-9-22(23,24)10-15/h3-5,11,13-15,18H,2,6-10,12H2,1H3,(H,25,27,28). The Morgan fingerprint density at radius 2 is 2.19 bits per heavy atom. The zero-order valence-electron chi connectivity index (χ0n) is 17.5. The quantitative estimate of drug-likeness (QED) is 0.784. The number of anilines is 2. The van der Waals surface area contributed by atoms with Crippen molar-refractivity contribution in [3.63, 3.8) is 0 Å². The number of amides is 1. The molecule has 1 N–H and O–H groups in total. The summed E-state index contributed by atoms with van der Waals surface area (Å²) in [7, 11) is 1.84. The molecule has 7 nitrogen and oxygen atoms in total. The molecular formula is C22H26F2N6O. The highest BCUT2D eigenvalue weighted by Gasteiger charge is 2.47. The van der Waals surface area contributed by atoms with Crippen LogP contribution in [0.1, 0.15) is 44.2 Å². The average Bonchev–Trinajstić information content (AvgIpc) is 3.21. The van der Waals surface area contributed by atoms with Crippen LogP contribution in [0.15, 0.2) is 30.7 Å². The lowest BCUT2D eigenvalue weighted by Gasteiger charge is -2.36. The second-order valence-electron chi connectivity index (χ2n) is 9.10. The maximum absolute atomic E-state index is 13.1. The number of hydrogen-bond acceptors (Lipinski definition) is 5. The van der Waals surface area contributed by atoms with E-state index in [0.29, 0.717) is 11.9 Å². The van der Waals surface area contributed by atoms with E-state index >= 15 is 0 Å². The molecule has 31 heavy (non-hydrogen) atoms. The van der Waals surface area contributed by atoms with Crippen LogP contribution in [0.4, 0.5) is 20.4 Å². The third-order valence-corrected chi connectivity index (χ3v) is 6.56. The summed E-state index contributed by atoms with van der Waals surface area (Å²) >= 11 is 0. The van der Waals surface area contributed by atoms with Crippen LogP contribution in [0, 0.1) is 11.8 Å². The second kappa shape index (κ2) is 7.69. The van der Waals surface area contributed by atoms with E-state index in [0.717, 1.165) is 42.8 Å². The Bertz CT molecular complexity index is 1010.